The standard InChI is InChI=1S/C10H20BrNO/c1-4-5-10(13)12-9(7-11)6-8(2)3/h8-9H,4-7H2,1-3H3,(H,12,13). The van der Waals surface area contributed by atoms with Crippen LogP contribution in [0.4, 0.5) is 0 Å². The van der Waals surface area contributed by atoms with Gasteiger partial charge in [-0.05, 0) is 18.8 Å². The van der Waals surface area contributed by atoms with E-state index in [0.29, 0.717) is 18.4 Å². The summed E-state index contributed by atoms with van der Waals surface area (Å²) >= 11 is 3.41. The van der Waals surface area contributed by atoms with Gasteiger partial charge in [0, 0.05) is 17.8 Å². The van der Waals surface area contributed by atoms with Gasteiger partial charge in [-0.15, -0.1) is 0 Å². The topological polar surface area (TPSA) is 29.1 Å². The first-order chi connectivity index (χ1) is 6.10. The molecule has 1 amide bonds. The molecule has 78 valence electrons. The van der Waals surface area contributed by atoms with Crippen molar-refractivity contribution in [1.82, 2.24) is 5.32 Å². The lowest BCUT2D eigenvalue weighted by Gasteiger charge is -2.17. The van der Waals surface area contributed by atoms with Crippen molar-refractivity contribution in [2.24, 2.45) is 5.92 Å². The van der Waals surface area contributed by atoms with Gasteiger partial charge in [-0.2, -0.15) is 0 Å². The van der Waals surface area contributed by atoms with Crippen LogP contribution in [0.5, 0.6) is 0 Å². The van der Waals surface area contributed by atoms with Crippen molar-refractivity contribution in [3.63, 3.8) is 0 Å². The molecule has 13 heavy (non-hydrogen) atoms. The molecule has 0 spiro atoms. The molecule has 0 saturated heterocycles. The van der Waals surface area contributed by atoms with Crippen LogP contribution in [0.25, 0.3) is 0 Å². The van der Waals surface area contributed by atoms with Crippen molar-refractivity contribution < 1.29 is 4.79 Å². The fourth-order valence-corrected chi connectivity index (χ4v) is 1.68. The highest BCUT2D eigenvalue weighted by molar-refractivity contribution is 9.09. The Morgan fingerprint density at radius 3 is 2.46 bits per heavy atom. The Morgan fingerprint density at radius 2 is 2.08 bits per heavy atom. The molecule has 3 heteroatoms. The lowest BCUT2D eigenvalue weighted by molar-refractivity contribution is -0.121. The van der Waals surface area contributed by atoms with Gasteiger partial charge in [0.25, 0.3) is 0 Å². The number of halogens is 1. The summed E-state index contributed by atoms with van der Waals surface area (Å²) in [5, 5.41) is 3.86. The molecule has 1 unspecified atom stereocenters. The number of hydrogen-bond donors (Lipinski definition) is 1. The summed E-state index contributed by atoms with van der Waals surface area (Å²) < 4.78 is 0. The first kappa shape index (κ1) is 12.9. The fourth-order valence-electron chi connectivity index (χ4n) is 1.26. The first-order valence-electron chi connectivity index (χ1n) is 4.95. The number of carbonyl (C=O) groups is 1. The number of amides is 1. The molecule has 0 heterocycles. The molecule has 0 bridgehead atoms. The third-order valence-electron chi connectivity index (χ3n) is 1.78. The largest absolute Gasteiger partial charge is 0.353 e. The van der Waals surface area contributed by atoms with Crippen molar-refractivity contribution >= 4 is 21.8 Å². The maximum Gasteiger partial charge on any atom is 0.220 e. The van der Waals surface area contributed by atoms with Crippen molar-refractivity contribution in [2.75, 3.05) is 5.33 Å². The maximum atomic E-state index is 11.3. The van der Waals surface area contributed by atoms with Crippen LogP contribution >= 0.6 is 15.9 Å². The molecule has 0 aliphatic carbocycles. The molecule has 1 atom stereocenters. The highest BCUT2D eigenvalue weighted by Gasteiger charge is 2.11. The molecule has 0 saturated carbocycles. The number of hydrogen-bond acceptors (Lipinski definition) is 1. The number of alkyl halides is 1. The van der Waals surface area contributed by atoms with Gasteiger partial charge < -0.3 is 5.32 Å². The second-order valence-corrected chi connectivity index (χ2v) is 4.45. The Kier molecular flexibility index (Phi) is 7.33. The zero-order valence-electron chi connectivity index (χ0n) is 8.77. The van der Waals surface area contributed by atoms with Crippen molar-refractivity contribution in [3.8, 4) is 0 Å². The van der Waals surface area contributed by atoms with E-state index in [9.17, 15) is 4.79 Å². The van der Waals surface area contributed by atoms with Gasteiger partial charge in [0.05, 0.1) is 0 Å². The minimum Gasteiger partial charge on any atom is -0.353 e. The molecule has 2 nitrogen and oxygen atoms in total. The zero-order valence-corrected chi connectivity index (χ0v) is 10.4. The predicted molar refractivity (Wildman–Crippen MR) is 60.1 cm³/mol. The molecule has 0 aromatic heterocycles. The van der Waals surface area contributed by atoms with E-state index in [0.717, 1.165) is 18.2 Å². The molecule has 0 fully saturated rings. The van der Waals surface area contributed by atoms with E-state index >= 15 is 0 Å². The van der Waals surface area contributed by atoms with E-state index in [1.165, 1.54) is 0 Å². The average Bonchev–Trinajstić information content (AvgIpc) is 2.02. The molecule has 0 rings (SSSR count). The minimum absolute atomic E-state index is 0.174. The number of nitrogens with one attached hydrogen (secondary N) is 1. The summed E-state index contributed by atoms with van der Waals surface area (Å²) in [7, 11) is 0. The Bertz CT molecular complexity index is 148. The van der Waals surface area contributed by atoms with Gasteiger partial charge in [-0.3, -0.25) is 4.79 Å². The van der Waals surface area contributed by atoms with Gasteiger partial charge in [0.1, 0.15) is 0 Å². The number of carbonyl (C=O) groups excluding carboxylic acids is 1. The van der Waals surface area contributed by atoms with Crippen LogP contribution in [-0.4, -0.2) is 17.3 Å². The van der Waals surface area contributed by atoms with Gasteiger partial charge >= 0.3 is 0 Å². The van der Waals surface area contributed by atoms with Crippen LogP contribution in [0.1, 0.15) is 40.0 Å². The second kappa shape index (κ2) is 7.36. The van der Waals surface area contributed by atoms with Gasteiger partial charge in [-0.1, -0.05) is 36.7 Å². The van der Waals surface area contributed by atoms with Crippen LogP contribution in [0.15, 0.2) is 0 Å². The Labute approximate surface area is 89.6 Å². The summed E-state index contributed by atoms with van der Waals surface area (Å²) in [5.41, 5.74) is 0. The monoisotopic (exact) mass is 249 g/mol. The molecule has 0 aromatic rings. The van der Waals surface area contributed by atoms with Crippen LogP contribution in [0.3, 0.4) is 0 Å². The SMILES string of the molecule is CCCC(=O)NC(CBr)CC(C)C. The van der Waals surface area contributed by atoms with Crippen LogP contribution in [-0.2, 0) is 4.79 Å². The Hall–Kier alpha value is -0.0500. The third kappa shape index (κ3) is 7.05. The Balaban J connectivity index is 3.76. The smallest absolute Gasteiger partial charge is 0.220 e. The lowest BCUT2D eigenvalue weighted by Crippen LogP contribution is -2.36. The quantitative estimate of drug-likeness (QED) is 0.721. The van der Waals surface area contributed by atoms with E-state index in [1.807, 2.05) is 6.92 Å². The van der Waals surface area contributed by atoms with Crippen LogP contribution in [0, 0.1) is 5.92 Å². The molecule has 0 aromatic carbocycles. The summed E-state index contributed by atoms with van der Waals surface area (Å²) in [6.07, 6.45) is 2.60. The van der Waals surface area contributed by atoms with Crippen molar-refractivity contribution in [3.05, 3.63) is 0 Å². The van der Waals surface area contributed by atoms with Gasteiger partial charge in [0.15, 0.2) is 0 Å². The van der Waals surface area contributed by atoms with Gasteiger partial charge in [-0.25, -0.2) is 0 Å². The van der Waals surface area contributed by atoms with Crippen molar-refractivity contribution in [1.29, 1.82) is 0 Å². The Morgan fingerprint density at radius 1 is 1.46 bits per heavy atom. The van der Waals surface area contributed by atoms with Crippen LogP contribution < -0.4 is 5.32 Å². The van der Waals surface area contributed by atoms with E-state index in [1.54, 1.807) is 0 Å². The molecular formula is C10H20BrNO. The molecule has 0 aliphatic heterocycles. The van der Waals surface area contributed by atoms with E-state index in [2.05, 4.69) is 35.1 Å². The number of rotatable bonds is 6. The molecule has 0 aliphatic rings. The van der Waals surface area contributed by atoms with Gasteiger partial charge in [0.2, 0.25) is 5.91 Å². The molecule has 1 N–H and O–H groups in total. The highest BCUT2D eigenvalue weighted by Crippen LogP contribution is 2.07. The third-order valence-corrected chi connectivity index (χ3v) is 2.57. The average molecular weight is 250 g/mol. The first-order valence-corrected chi connectivity index (χ1v) is 6.07. The highest BCUT2D eigenvalue weighted by atomic mass is 79.9. The van der Waals surface area contributed by atoms with E-state index < -0.39 is 0 Å². The van der Waals surface area contributed by atoms with E-state index in [4.69, 9.17) is 0 Å². The second-order valence-electron chi connectivity index (χ2n) is 3.80. The summed E-state index contributed by atoms with van der Waals surface area (Å²) in [6, 6.07) is 0.291. The molecular weight excluding hydrogens is 230 g/mol. The van der Waals surface area contributed by atoms with E-state index in [-0.39, 0.29) is 5.91 Å². The summed E-state index contributed by atoms with van der Waals surface area (Å²) in [5.74, 6) is 0.803. The lowest BCUT2D eigenvalue weighted by atomic mass is 10.1. The van der Waals surface area contributed by atoms with Crippen LogP contribution in [0.2, 0.25) is 0 Å². The zero-order chi connectivity index (χ0) is 10.3. The fraction of sp³-hybridized carbons (Fsp3) is 0.900. The maximum absolute atomic E-state index is 11.3. The molecule has 0 radical (unpaired) electrons. The predicted octanol–water partition coefficient (Wildman–Crippen LogP) is 2.71. The van der Waals surface area contributed by atoms with Crippen molar-refractivity contribution in [2.45, 2.75) is 46.1 Å². The minimum atomic E-state index is 0.174. The summed E-state index contributed by atoms with van der Waals surface area (Å²) in [6.45, 7) is 6.36. The normalized spacial score (nSPS) is 13.0. The summed E-state index contributed by atoms with van der Waals surface area (Å²) in [4.78, 5) is 11.3.